The molecule has 0 bridgehead atoms. The van der Waals surface area contributed by atoms with Crippen molar-refractivity contribution in [2.75, 3.05) is 6.79 Å². The van der Waals surface area contributed by atoms with Crippen LogP contribution in [0.3, 0.4) is 0 Å². The number of rotatable bonds is 8. The Morgan fingerprint density at radius 1 is 0.857 bits per heavy atom. The van der Waals surface area contributed by atoms with Gasteiger partial charge in [0, 0.05) is 0 Å². The zero-order valence-electron chi connectivity index (χ0n) is 22.3. The molecule has 4 rings (SSSR count). The lowest BCUT2D eigenvalue weighted by Crippen LogP contribution is -2.37. The highest BCUT2D eigenvalue weighted by atomic mass is 31.2. The second-order valence-electron chi connectivity index (χ2n) is 12.0. The SMILES string of the molecule is CC(C)[C@H]1CC[C@H](C)C[C@H]1OP(=O)(O[C@@H]1C[C@@H](C)CC[C@@H]1C(C)C)[C@H](O)c1ccc2c(c1)OCO2. The molecule has 0 aromatic heterocycles. The highest BCUT2D eigenvalue weighted by molar-refractivity contribution is 7.54. The van der Waals surface area contributed by atoms with E-state index in [0.29, 0.717) is 52.6 Å². The minimum absolute atomic E-state index is 0.144. The maximum absolute atomic E-state index is 14.7. The van der Waals surface area contributed by atoms with E-state index in [9.17, 15) is 9.67 Å². The zero-order chi connectivity index (χ0) is 25.3. The summed E-state index contributed by atoms with van der Waals surface area (Å²) in [6.45, 7) is 13.4. The van der Waals surface area contributed by atoms with Crippen molar-refractivity contribution >= 4 is 7.60 Å². The lowest BCUT2D eigenvalue weighted by molar-refractivity contribution is -0.0154. The Morgan fingerprint density at radius 2 is 1.37 bits per heavy atom. The Balaban J connectivity index is 1.67. The standard InChI is InChI=1S/C28H45O6P/c1-17(2)22-10-7-19(5)13-25(22)33-35(30,34-26-14-20(6)8-11-23(26)18(3)4)28(29)21-9-12-24-27(15-21)32-16-31-24/h9,12,15,17-20,22-23,25-26,28-29H,7-8,10-11,13-14,16H2,1-6H3/t19-,20-,22+,23+,25+,26+,28-/m0/s1. The van der Waals surface area contributed by atoms with E-state index in [2.05, 4.69) is 41.5 Å². The highest BCUT2D eigenvalue weighted by Gasteiger charge is 2.46. The summed E-state index contributed by atoms with van der Waals surface area (Å²) in [5, 5.41) is 11.6. The van der Waals surface area contributed by atoms with Gasteiger partial charge >= 0.3 is 7.60 Å². The Kier molecular flexibility index (Phi) is 8.58. The van der Waals surface area contributed by atoms with Crippen molar-refractivity contribution in [2.45, 2.75) is 98.1 Å². The molecule has 7 atom stereocenters. The van der Waals surface area contributed by atoms with Crippen LogP contribution in [0.4, 0.5) is 0 Å². The van der Waals surface area contributed by atoms with Gasteiger partial charge in [-0.25, -0.2) is 0 Å². The molecule has 1 aliphatic heterocycles. The molecule has 35 heavy (non-hydrogen) atoms. The first-order valence-corrected chi connectivity index (χ1v) is 15.2. The summed E-state index contributed by atoms with van der Waals surface area (Å²) < 4.78 is 38.8. The van der Waals surface area contributed by atoms with Crippen molar-refractivity contribution in [3.05, 3.63) is 23.8 Å². The molecule has 2 aliphatic carbocycles. The van der Waals surface area contributed by atoms with Crippen LogP contribution in [0.25, 0.3) is 0 Å². The van der Waals surface area contributed by atoms with E-state index in [0.717, 1.165) is 38.5 Å². The lowest BCUT2D eigenvalue weighted by atomic mass is 9.75. The van der Waals surface area contributed by atoms with Gasteiger partial charge in [-0.15, -0.1) is 0 Å². The highest BCUT2D eigenvalue weighted by Crippen LogP contribution is 2.64. The summed E-state index contributed by atoms with van der Waals surface area (Å²) in [5.41, 5.74) is 0.479. The number of ether oxygens (including phenoxy) is 2. The average molecular weight is 509 g/mol. The summed E-state index contributed by atoms with van der Waals surface area (Å²) >= 11 is 0. The molecule has 0 radical (unpaired) electrons. The van der Waals surface area contributed by atoms with Crippen molar-refractivity contribution in [1.82, 2.24) is 0 Å². The van der Waals surface area contributed by atoms with E-state index >= 15 is 0 Å². The average Bonchev–Trinajstić information content (AvgIpc) is 3.26. The fourth-order valence-corrected chi connectivity index (χ4v) is 8.29. The number of aliphatic hydroxyl groups is 1. The molecule has 0 spiro atoms. The summed E-state index contributed by atoms with van der Waals surface area (Å²) in [4.78, 5) is 0. The third-order valence-electron chi connectivity index (χ3n) is 8.48. The molecule has 1 heterocycles. The third-order valence-corrected chi connectivity index (χ3v) is 10.5. The first-order valence-electron chi connectivity index (χ1n) is 13.6. The molecule has 1 N–H and O–H groups in total. The Hall–Kier alpha value is -1.07. The van der Waals surface area contributed by atoms with E-state index in [1.165, 1.54) is 0 Å². The van der Waals surface area contributed by atoms with E-state index in [1.807, 2.05) is 0 Å². The quantitative estimate of drug-likeness (QED) is 0.365. The van der Waals surface area contributed by atoms with Crippen LogP contribution in [0.2, 0.25) is 0 Å². The van der Waals surface area contributed by atoms with Crippen molar-refractivity contribution in [1.29, 1.82) is 0 Å². The van der Waals surface area contributed by atoms with Crippen LogP contribution in [0.5, 0.6) is 11.5 Å². The van der Waals surface area contributed by atoms with Crippen molar-refractivity contribution < 1.29 is 28.2 Å². The maximum Gasteiger partial charge on any atom is 0.363 e. The molecule has 198 valence electrons. The van der Waals surface area contributed by atoms with Gasteiger partial charge in [-0.3, -0.25) is 4.57 Å². The molecule has 0 saturated heterocycles. The predicted molar refractivity (Wildman–Crippen MR) is 138 cm³/mol. The Morgan fingerprint density at radius 3 is 1.89 bits per heavy atom. The molecule has 7 heteroatoms. The van der Waals surface area contributed by atoms with Gasteiger partial charge in [0.1, 0.15) is 0 Å². The number of hydrogen-bond donors (Lipinski definition) is 1. The van der Waals surface area contributed by atoms with Crippen LogP contribution in [0, 0.1) is 35.5 Å². The first-order chi connectivity index (χ1) is 16.6. The monoisotopic (exact) mass is 508 g/mol. The molecule has 1 aromatic rings. The molecular weight excluding hydrogens is 463 g/mol. The van der Waals surface area contributed by atoms with Crippen LogP contribution in [0.1, 0.15) is 91.5 Å². The fourth-order valence-electron chi connectivity index (χ4n) is 6.25. The minimum Gasteiger partial charge on any atom is -0.454 e. The van der Waals surface area contributed by atoms with Gasteiger partial charge in [-0.1, -0.05) is 60.5 Å². The minimum atomic E-state index is -3.94. The van der Waals surface area contributed by atoms with Gasteiger partial charge in [0.25, 0.3) is 0 Å². The molecule has 3 aliphatic rings. The maximum atomic E-state index is 14.7. The topological polar surface area (TPSA) is 74.2 Å². The van der Waals surface area contributed by atoms with Crippen LogP contribution in [0.15, 0.2) is 18.2 Å². The van der Waals surface area contributed by atoms with Gasteiger partial charge in [0.15, 0.2) is 17.3 Å². The summed E-state index contributed by atoms with van der Waals surface area (Å²) in [7, 11) is -3.94. The van der Waals surface area contributed by atoms with E-state index in [4.69, 9.17) is 18.5 Å². The van der Waals surface area contributed by atoms with E-state index in [1.54, 1.807) is 18.2 Å². The van der Waals surface area contributed by atoms with Crippen molar-refractivity contribution in [3.8, 4) is 11.5 Å². The largest absolute Gasteiger partial charge is 0.454 e. The van der Waals surface area contributed by atoms with Crippen LogP contribution in [-0.4, -0.2) is 24.1 Å². The molecule has 2 saturated carbocycles. The number of benzene rings is 1. The van der Waals surface area contributed by atoms with E-state index in [-0.39, 0.29) is 19.0 Å². The third kappa shape index (κ3) is 6.09. The van der Waals surface area contributed by atoms with Crippen LogP contribution in [-0.2, 0) is 13.6 Å². The lowest BCUT2D eigenvalue weighted by Gasteiger charge is -2.42. The molecule has 0 unspecified atom stereocenters. The first kappa shape index (κ1) is 27.0. The molecule has 1 aromatic carbocycles. The molecule has 6 nitrogen and oxygen atoms in total. The zero-order valence-corrected chi connectivity index (χ0v) is 23.2. The van der Waals surface area contributed by atoms with Gasteiger partial charge in [-0.2, -0.15) is 0 Å². The van der Waals surface area contributed by atoms with Gasteiger partial charge < -0.3 is 23.6 Å². The Bertz CT molecular complexity index is 863. The Labute approximate surface area is 211 Å². The number of fused-ring (bicyclic) bond motifs is 1. The van der Waals surface area contributed by atoms with Gasteiger partial charge in [0.05, 0.1) is 12.2 Å². The van der Waals surface area contributed by atoms with Gasteiger partial charge in [-0.05, 0) is 78.9 Å². The summed E-state index contributed by atoms with van der Waals surface area (Å²) in [5.74, 6) is 2.16. The smallest absolute Gasteiger partial charge is 0.363 e. The van der Waals surface area contributed by atoms with Gasteiger partial charge in [0.2, 0.25) is 6.79 Å². The summed E-state index contributed by atoms with van der Waals surface area (Å²) in [6, 6.07) is 5.20. The molecule has 0 amide bonds. The second-order valence-corrected chi connectivity index (χ2v) is 14.0. The number of aliphatic hydroxyl groups excluding tert-OH is 1. The molecular formula is C28H45O6P. The van der Waals surface area contributed by atoms with Crippen molar-refractivity contribution in [2.24, 2.45) is 35.5 Å². The van der Waals surface area contributed by atoms with E-state index < -0.39 is 13.4 Å². The number of hydrogen-bond acceptors (Lipinski definition) is 6. The summed E-state index contributed by atoms with van der Waals surface area (Å²) in [6.07, 6.45) is 5.63. The van der Waals surface area contributed by atoms with Crippen LogP contribution < -0.4 is 9.47 Å². The predicted octanol–water partition coefficient (Wildman–Crippen LogP) is 7.55. The molecule has 2 fully saturated rings. The van der Waals surface area contributed by atoms with Crippen LogP contribution >= 0.6 is 7.60 Å². The second kappa shape index (κ2) is 11.1. The van der Waals surface area contributed by atoms with Crippen molar-refractivity contribution in [3.63, 3.8) is 0 Å². The fraction of sp³-hybridized carbons (Fsp3) is 0.786. The normalized spacial score (nSPS) is 32.3.